The van der Waals surface area contributed by atoms with Crippen molar-refractivity contribution >= 4 is 11.6 Å². The molecule has 4 rings (SSSR count). The van der Waals surface area contributed by atoms with Crippen LogP contribution in [0.25, 0.3) is 22.8 Å². The highest BCUT2D eigenvalue weighted by molar-refractivity contribution is 6.05. The molecule has 0 aliphatic rings. The second-order valence-corrected chi connectivity index (χ2v) is 5.52. The van der Waals surface area contributed by atoms with Gasteiger partial charge in [-0.25, -0.2) is 0 Å². The van der Waals surface area contributed by atoms with Gasteiger partial charge in [0.2, 0.25) is 5.82 Å². The number of anilines is 1. The van der Waals surface area contributed by atoms with E-state index in [9.17, 15) is 4.79 Å². The van der Waals surface area contributed by atoms with Crippen LogP contribution in [0.15, 0.2) is 76.1 Å². The highest BCUT2D eigenvalue weighted by Gasteiger charge is 2.21. The monoisotopic (exact) mass is 346 g/mol. The third-order valence-electron chi connectivity index (χ3n) is 3.88. The van der Waals surface area contributed by atoms with Gasteiger partial charge in [-0.2, -0.15) is 4.98 Å². The van der Waals surface area contributed by atoms with Gasteiger partial charge < -0.3 is 13.8 Å². The van der Waals surface area contributed by atoms with E-state index in [0.29, 0.717) is 23.0 Å². The van der Waals surface area contributed by atoms with E-state index in [1.807, 2.05) is 30.3 Å². The second kappa shape index (κ2) is 6.64. The summed E-state index contributed by atoms with van der Waals surface area (Å²) in [4.78, 5) is 22.6. The Balaban J connectivity index is 1.71. The average molecular weight is 346 g/mol. The van der Waals surface area contributed by atoms with E-state index >= 15 is 0 Å². The molecule has 1 amide bonds. The number of carbonyl (C=O) groups is 1. The lowest BCUT2D eigenvalue weighted by Gasteiger charge is -2.18. The number of nitrogens with zero attached hydrogens (tertiary/aromatic N) is 4. The molecule has 1 aromatic carbocycles. The topological polar surface area (TPSA) is 85.3 Å². The maximum Gasteiger partial charge on any atom is 0.293 e. The Bertz CT molecular complexity index is 1030. The first-order chi connectivity index (χ1) is 12.7. The van der Waals surface area contributed by atoms with E-state index in [1.165, 1.54) is 11.2 Å². The number of rotatable bonds is 4. The zero-order valence-corrected chi connectivity index (χ0v) is 13.9. The Morgan fingerprint density at radius 1 is 1.08 bits per heavy atom. The summed E-state index contributed by atoms with van der Waals surface area (Å²) in [5.74, 6) is 0.736. The van der Waals surface area contributed by atoms with Crippen molar-refractivity contribution < 1.29 is 13.7 Å². The lowest BCUT2D eigenvalue weighted by molar-refractivity contribution is 0.0966. The number of para-hydroxylation sites is 1. The summed E-state index contributed by atoms with van der Waals surface area (Å²) in [7, 11) is 1.67. The second-order valence-electron chi connectivity index (χ2n) is 5.52. The number of hydrogen-bond donors (Lipinski definition) is 0. The summed E-state index contributed by atoms with van der Waals surface area (Å²) in [5.41, 5.74) is 2.04. The van der Waals surface area contributed by atoms with Crippen molar-refractivity contribution in [3.63, 3.8) is 0 Å². The zero-order chi connectivity index (χ0) is 17.9. The fourth-order valence-electron chi connectivity index (χ4n) is 2.57. The first-order valence-corrected chi connectivity index (χ1v) is 7.89. The minimum absolute atomic E-state index is 0.254. The van der Waals surface area contributed by atoms with Gasteiger partial charge in [-0.05, 0) is 36.4 Å². The van der Waals surface area contributed by atoms with Crippen molar-refractivity contribution in [3.05, 3.63) is 72.9 Å². The van der Waals surface area contributed by atoms with Crippen LogP contribution in [0.5, 0.6) is 0 Å². The molecule has 26 heavy (non-hydrogen) atoms. The lowest BCUT2D eigenvalue weighted by atomic mass is 10.1. The maximum absolute atomic E-state index is 12.6. The molecule has 0 spiro atoms. The van der Waals surface area contributed by atoms with Crippen LogP contribution in [-0.2, 0) is 0 Å². The first kappa shape index (κ1) is 15.8. The Morgan fingerprint density at radius 3 is 2.73 bits per heavy atom. The summed E-state index contributed by atoms with van der Waals surface area (Å²) in [6, 6.07) is 14.3. The van der Waals surface area contributed by atoms with Crippen LogP contribution in [0.4, 0.5) is 5.69 Å². The lowest BCUT2D eigenvalue weighted by Crippen LogP contribution is -2.26. The van der Waals surface area contributed by atoms with Crippen LogP contribution in [-0.4, -0.2) is 28.1 Å². The summed E-state index contributed by atoms with van der Waals surface area (Å²) in [6.07, 6.45) is 4.80. The molecule has 0 unspecified atom stereocenters. The summed E-state index contributed by atoms with van der Waals surface area (Å²) in [5, 5.41) is 4.01. The molecule has 0 bridgehead atoms. The number of amides is 1. The first-order valence-electron chi connectivity index (χ1n) is 7.89. The van der Waals surface area contributed by atoms with Crippen LogP contribution >= 0.6 is 0 Å². The van der Waals surface area contributed by atoms with Crippen LogP contribution in [0, 0.1) is 0 Å². The van der Waals surface area contributed by atoms with Gasteiger partial charge in [-0.3, -0.25) is 9.78 Å². The molecule has 7 nitrogen and oxygen atoms in total. The van der Waals surface area contributed by atoms with Gasteiger partial charge in [0.15, 0.2) is 5.76 Å². The third-order valence-corrected chi connectivity index (χ3v) is 3.88. The van der Waals surface area contributed by atoms with Gasteiger partial charge in [-0.15, -0.1) is 0 Å². The SMILES string of the molecule is CN(C(=O)c1ccco1)c1ccccc1-c1nc(-c2cccnc2)no1. The van der Waals surface area contributed by atoms with Crippen molar-refractivity contribution in [2.45, 2.75) is 0 Å². The van der Waals surface area contributed by atoms with Gasteiger partial charge >= 0.3 is 0 Å². The summed E-state index contributed by atoms with van der Waals surface area (Å²) in [6.45, 7) is 0. The quantitative estimate of drug-likeness (QED) is 0.560. The third kappa shape index (κ3) is 2.86. The van der Waals surface area contributed by atoms with Crippen LogP contribution in [0.3, 0.4) is 0 Å². The van der Waals surface area contributed by atoms with E-state index in [0.717, 1.165) is 5.56 Å². The highest BCUT2D eigenvalue weighted by Crippen LogP contribution is 2.31. The number of furan rings is 1. The Hall–Kier alpha value is -3.74. The molecule has 0 fully saturated rings. The molecule has 0 saturated carbocycles. The summed E-state index contributed by atoms with van der Waals surface area (Å²) < 4.78 is 10.6. The molecule has 0 N–H and O–H groups in total. The molecule has 0 aliphatic heterocycles. The minimum Gasteiger partial charge on any atom is -0.459 e. The number of benzene rings is 1. The standard InChI is InChI=1S/C19H14N4O3/c1-23(19(24)16-9-5-11-25-16)15-8-3-2-7-14(15)18-21-17(22-26-18)13-6-4-10-20-12-13/h2-12H,1H3. The van der Waals surface area contributed by atoms with Gasteiger partial charge in [0.25, 0.3) is 11.8 Å². The van der Waals surface area contributed by atoms with Gasteiger partial charge in [-0.1, -0.05) is 17.3 Å². The van der Waals surface area contributed by atoms with Gasteiger partial charge in [0, 0.05) is 25.0 Å². The van der Waals surface area contributed by atoms with E-state index in [4.69, 9.17) is 8.94 Å². The molecule has 4 aromatic rings. The molecule has 0 radical (unpaired) electrons. The number of carbonyl (C=O) groups excluding carboxylic acids is 1. The molecular formula is C19H14N4O3. The predicted molar refractivity (Wildman–Crippen MR) is 94.4 cm³/mol. The normalized spacial score (nSPS) is 10.7. The molecule has 128 valence electrons. The Kier molecular flexibility index (Phi) is 4.03. The molecular weight excluding hydrogens is 332 g/mol. The van der Waals surface area contributed by atoms with Crippen molar-refractivity contribution in [2.75, 3.05) is 11.9 Å². The molecule has 0 atom stereocenters. The molecule has 3 aromatic heterocycles. The van der Waals surface area contributed by atoms with Gasteiger partial charge in [0.1, 0.15) is 0 Å². The zero-order valence-electron chi connectivity index (χ0n) is 13.9. The fourth-order valence-corrected chi connectivity index (χ4v) is 2.57. The van der Waals surface area contributed by atoms with Crippen molar-refractivity contribution in [3.8, 4) is 22.8 Å². The summed E-state index contributed by atoms with van der Waals surface area (Å²) >= 11 is 0. The van der Waals surface area contributed by atoms with Gasteiger partial charge in [0.05, 0.1) is 17.5 Å². The van der Waals surface area contributed by atoms with E-state index in [-0.39, 0.29) is 11.7 Å². The number of aromatic nitrogens is 3. The molecule has 7 heteroatoms. The Morgan fingerprint density at radius 2 is 1.96 bits per heavy atom. The molecule has 0 saturated heterocycles. The average Bonchev–Trinajstić information content (AvgIpc) is 3.39. The minimum atomic E-state index is -0.269. The van der Waals surface area contributed by atoms with Crippen LogP contribution in [0.1, 0.15) is 10.6 Å². The predicted octanol–water partition coefficient (Wildman–Crippen LogP) is 3.67. The molecule has 0 aliphatic carbocycles. The molecule has 3 heterocycles. The number of pyridine rings is 1. The fraction of sp³-hybridized carbons (Fsp3) is 0.0526. The van der Waals surface area contributed by atoms with E-state index in [1.54, 1.807) is 37.6 Å². The van der Waals surface area contributed by atoms with E-state index in [2.05, 4.69) is 15.1 Å². The van der Waals surface area contributed by atoms with E-state index < -0.39 is 0 Å². The van der Waals surface area contributed by atoms with Crippen molar-refractivity contribution in [2.24, 2.45) is 0 Å². The van der Waals surface area contributed by atoms with Crippen molar-refractivity contribution in [1.82, 2.24) is 15.1 Å². The maximum atomic E-state index is 12.6. The van der Waals surface area contributed by atoms with Crippen LogP contribution < -0.4 is 4.90 Å². The van der Waals surface area contributed by atoms with Crippen molar-refractivity contribution in [1.29, 1.82) is 0 Å². The smallest absolute Gasteiger partial charge is 0.293 e. The Labute approximate surface area is 148 Å². The largest absolute Gasteiger partial charge is 0.459 e. The van der Waals surface area contributed by atoms with Crippen LogP contribution in [0.2, 0.25) is 0 Å². The highest BCUT2D eigenvalue weighted by atomic mass is 16.5. The number of hydrogen-bond acceptors (Lipinski definition) is 6.